The van der Waals surface area contributed by atoms with Crippen LogP contribution < -0.4 is 10.6 Å². The molecule has 1 aromatic carbocycles. The molecule has 0 saturated carbocycles. The molecule has 0 bridgehead atoms. The lowest BCUT2D eigenvalue weighted by molar-refractivity contribution is 0.0556. The third-order valence-corrected chi connectivity index (χ3v) is 4.21. The van der Waals surface area contributed by atoms with E-state index in [9.17, 15) is 9.59 Å². The van der Waals surface area contributed by atoms with E-state index >= 15 is 0 Å². The molecule has 7 nitrogen and oxygen atoms in total. The number of amides is 2. The summed E-state index contributed by atoms with van der Waals surface area (Å²) >= 11 is 0. The van der Waals surface area contributed by atoms with Gasteiger partial charge in [-0.15, -0.1) is 6.58 Å². The normalized spacial score (nSPS) is 16.7. The van der Waals surface area contributed by atoms with Crippen LogP contribution in [0.4, 0.5) is 5.82 Å². The van der Waals surface area contributed by atoms with E-state index in [4.69, 9.17) is 4.74 Å². The molecule has 2 N–H and O–H groups in total. The molecule has 0 radical (unpaired) electrons. The van der Waals surface area contributed by atoms with Crippen LogP contribution >= 0.6 is 0 Å². The molecule has 1 aliphatic rings. The van der Waals surface area contributed by atoms with Crippen LogP contribution in [-0.4, -0.2) is 41.4 Å². The molecule has 2 heterocycles. The molecule has 1 aliphatic heterocycles. The molecule has 1 fully saturated rings. The smallest absolute Gasteiger partial charge is 0.256 e. The van der Waals surface area contributed by atoms with E-state index < -0.39 is 0 Å². The lowest BCUT2D eigenvalue weighted by Crippen LogP contribution is -2.25. The topological polar surface area (TPSA) is 85.3 Å². The van der Waals surface area contributed by atoms with Crippen LogP contribution in [-0.2, 0) is 4.74 Å². The van der Waals surface area contributed by atoms with Crippen molar-refractivity contribution in [3.63, 3.8) is 0 Å². The number of rotatable bonds is 6. The zero-order valence-corrected chi connectivity index (χ0v) is 14.5. The molecular weight excluding hydrogens is 332 g/mol. The Morgan fingerprint density at radius 2 is 1.96 bits per heavy atom. The summed E-state index contributed by atoms with van der Waals surface area (Å²) in [5.41, 5.74) is 0.964. The first-order valence-electron chi connectivity index (χ1n) is 8.61. The average Bonchev–Trinajstić information content (AvgIpc) is 3.15. The lowest BCUT2D eigenvalue weighted by Gasteiger charge is -2.24. The highest BCUT2D eigenvalue weighted by molar-refractivity contribution is 6.04. The predicted octanol–water partition coefficient (Wildman–Crippen LogP) is 2.40. The second-order valence-corrected chi connectivity index (χ2v) is 6.06. The molecule has 1 saturated heterocycles. The Morgan fingerprint density at radius 3 is 2.62 bits per heavy atom. The molecule has 1 aromatic heterocycles. The van der Waals surface area contributed by atoms with Gasteiger partial charge >= 0.3 is 0 Å². The van der Waals surface area contributed by atoms with Gasteiger partial charge in [-0.25, -0.2) is 4.68 Å². The Morgan fingerprint density at radius 1 is 1.23 bits per heavy atom. The molecule has 1 unspecified atom stereocenters. The van der Waals surface area contributed by atoms with Gasteiger partial charge in [0.25, 0.3) is 11.8 Å². The van der Waals surface area contributed by atoms with Crippen LogP contribution in [0.3, 0.4) is 0 Å². The number of anilines is 1. The maximum Gasteiger partial charge on any atom is 0.256 e. The number of carbonyl (C=O) groups excluding carboxylic acids is 2. The van der Waals surface area contributed by atoms with Gasteiger partial charge in [-0.05, 0) is 37.1 Å². The first kappa shape index (κ1) is 17.9. The number of hydrogen-bond acceptors (Lipinski definition) is 4. The average molecular weight is 354 g/mol. The second kappa shape index (κ2) is 8.44. The van der Waals surface area contributed by atoms with E-state index in [-0.39, 0.29) is 17.9 Å². The van der Waals surface area contributed by atoms with Gasteiger partial charge in [-0.1, -0.05) is 6.08 Å². The number of carbonyl (C=O) groups is 2. The molecule has 1 atom stereocenters. The van der Waals surface area contributed by atoms with Crippen molar-refractivity contribution in [2.75, 3.05) is 25.1 Å². The fourth-order valence-corrected chi connectivity index (χ4v) is 2.85. The van der Waals surface area contributed by atoms with E-state index in [1.165, 1.54) is 0 Å². The van der Waals surface area contributed by atoms with E-state index in [1.54, 1.807) is 47.3 Å². The maximum atomic E-state index is 12.5. The van der Waals surface area contributed by atoms with Gasteiger partial charge in [0.05, 0.1) is 18.8 Å². The third-order valence-electron chi connectivity index (χ3n) is 4.21. The molecule has 3 rings (SSSR count). The summed E-state index contributed by atoms with van der Waals surface area (Å²) in [6, 6.07) is 8.40. The Bertz CT molecular complexity index is 776. The Hall–Kier alpha value is -2.93. The second-order valence-electron chi connectivity index (χ2n) is 6.06. The van der Waals surface area contributed by atoms with Crippen molar-refractivity contribution >= 4 is 17.6 Å². The Labute approximate surface area is 152 Å². The van der Waals surface area contributed by atoms with Crippen molar-refractivity contribution in [3.8, 4) is 0 Å². The number of aromatic nitrogens is 2. The molecule has 26 heavy (non-hydrogen) atoms. The van der Waals surface area contributed by atoms with Crippen molar-refractivity contribution in [2.45, 2.75) is 18.9 Å². The minimum absolute atomic E-state index is 0.130. The highest BCUT2D eigenvalue weighted by atomic mass is 16.5. The van der Waals surface area contributed by atoms with Crippen molar-refractivity contribution in [1.29, 1.82) is 0 Å². The summed E-state index contributed by atoms with van der Waals surface area (Å²) in [5, 5.41) is 9.89. The largest absolute Gasteiger partial charge is 0.379 e. The van der Waals surface area contributed by atoms with Crippen molar-refractivity contribution in [2.24, 2.45) is 0 Å². The van der Waals surface area contributed by atoms with Gasteiger partial charge in [0, 0.05) is 30.3 Å². The van der Waals surface area contributed by atoms with Crippen LogP contribution in [0.25, 0.3) is 0 Å². The fourth-order valence-electron chi connectivity index (χ4n) is 2.85. The van der Waals surface area contributed by atoms with Crippen LogP contribution in [0.5, 0.6) is 0 Å². The standard InChI is InChI=1S/C19H22N4O3/c1-2-10-20-18(24)14-5-7-15(8-6-14)19(25)22-17-9-11-21-23(17)16-4-3-12-26-13-16/h2,5-9,11,16H,1,3-4,10,12-13H2,(H,20,24)(H,22,25). The van der Waals surface area contributed by atoms with Crippen LogP contribution in [0, 0.1) is 0 Å². The van der Waals surface area contributed by atoms with Crippen molar-refractivity contribution < 1.29 is 14.3 Å². The lowest BCUT2D eigenvalue weighted by atomic mass is 10.1. The molecule has 2 aromatic rings. The van der Waals surface area contributed by atoms with Gasteiger partial charge in [0.15, 0.2) is 0 Å². The van der Waals surface area contributed by atoms with E-state index in [2.05, 4.69) is 22.3 Å². The Kier molecular flexibility index (Phi) is 5.80. The summed E-state index contributed by atoms with van der Waals surface area (Å²) in [4.78, 5) is 24.4. The van der Waals surface area contributed by atoms with E-state index in [0.717, 1.165) is 19.4 Å². The van der Waals surface area contributed by atoms with Gasteiger partial charge in [-0.3, -0.25) is 9.59 Å². The Balaban J connectivity index is 1.66. The number of nitrogens with zero attached hydrogens (tertiary/aromatic N) is 2. The number of hydrogen-bond donors (Lipinski definition) is 2. The molecule has 0 aliphatic carbocycles. The van der Waals surface area contributed by atoms with Gasteiger partial charge in [-0.2, -0.15) is 5.10 Å². The number of benzene rings is 1. The van der Waals surface area contributed by atoms with Crippen molar-refractivity contribution in [1.82, 2.24) is 15.1 Å². The molecule has 0 spiro atoms. The zero-order chi connectivity index (χ0) is 18.4. The first-order valence-corrected chi connectivity index (χ1v) is 8.61. The molecular formula is C19H22N4O3. The highest BCUT2D eigenvalue weighted by Gasteiger charge is 2.20. The maximum absolute atomic E-state index is 12.5. The summed E-state index contributed by atoms with van der Waals surface area (Å²) < 4.78 is 7.30. The summed E-state index contributed by atoms with van der Waals surface area (Å²) in [6.07, 6.45) is 5.23. The number of nitrogens with one attached hydrogen (secondary N) is 2. The fraction of sp³-hybridized carbons (Fsp3) is 0.316. The third kappa shape index (κ3) is 4.18. The minimum Gasteiger partial charge on any atom is -0.379 e. The van der Waals surface area contributed by atoms with Gasteiger partial charge < -0.3 is 15.4 Å². The van der Waals surface area contributed by atoms with Crippen molar-refractivity contribution in [3.05, 3.63) is 60.3 Å². The van der Waals surface area contributed by atoms with Gasteiger partial charge in [0.2, 0.25) is 0 Å². The first-order chi connectivity index (χ1) is 12.7. The van der Waals surface area contributed by atoms with E-state index in [1.807, 2.05) is 0 Å². The van der Waals surface area contributed by atoms with E-state index in [0.29, 0.717) is 30.1 Å². The quantitative estimate of drug-likeness (QED) is 0.780. The molecule has 2 amide bonds. The molecule has 7 heteroatoms. The number of ether oxygens (including phenoxy) is 1. The van der Waals surface area contributed by atoms with Gasteiger partial charge in [0.1, 0.15) is 5.82 Å². The van der Waals surface area contributed by atoms with Crippen LogP contribution in [0.15, 0.2) is 49.2 Å². The monoisotopic (exact) mass is 354 g/mol. The predicted molar refractivity (Wildman–Crippen MR) is 98.2 cm³/mol. The highest BCUT2D eigenvalue weighted by Crippen LogP contribution is 2.23. The SMILES string of the molecule is C=CCNC(=O)c1ccc(C(=O)Nc2ccnn2C2CCCOC2)cc1. The minimum atomic E-state index is -0.249. The van der Waals surface area contributed by atoms with Crippen LogP contribution in [0.1, 0.15) is 39.6 Å². The summed E-state index contributed by atoms with van der Waals surface area (Å²) in [6.45, 7) is 5.32. The van der Waals surface area contributed by atoms with Crippen LogP contribution in [0.2, 0.25) is 0 Å². The zero-order valence-electron chi connectivity index (χ0n) is 14.5. The summed E-state index contributed by atoms with van der Waals surface area (Å²) in [7, 11) is 0. The summed E-state index contributed by atoms with van der Waals surface area (Å²) in [5.74, 6) is 0.187. The molecule has 136 valence electrons.